The summed E-state index contributed by atoms with van der Waals surface area (Å²) in [4.78, 5) is 11.8. The summed E-state index contributed by atoms with van der Waals surface area (Å²) in [6.07, 6.45) is 0.232. The maximum Gasteiger partial charge on any atom is 0.228 e. The minimum atomic E-state index is -0.298. The van der Waals surface area contributed by atoms with Crippen molar-refractivity contribution >= 4 is 27.5 Å². The fraction of sp³-hybridized carbons (Fsp3) is 0.133. The zero-order valence-electron chi connectivity index (χ0n) is 10.4. The summed E-state index contributed by atoms with van der Waals surface area (Å²) in [7, 11) is 0. The van der Waals surface area contributed by atoms with E-state index < -0.39 is 0 Å². The van der Waals surface area contributed by atoms with Crippen molar-refractivity contribution < 1.29 is 9.18 Å². The van der Waals surface area contributed by atoms with E-state index in [1.807, 2.05) is 25.1 Å². The van der Waals surface area contributed by atoms with Crippen LogP contribution in [0.2, 0.25) is 0 Å². The summed E-state index contributed by atoms with van der Waals surface area (Å²) in [5, 5.41) is 2.82. The molecular weight excluding hydrogens is 309 g/mol. The highest BCUT2D eigenvalue weighted by molar-refractivity contribution is 9.10. The van der Waals surface area contributed by atoms with Crippen LogP contribution in [0.3, 0.4) is 0 Å². The number of hydrogen-bond acceptors (Lipinski definition) is 1. The number of halogens is 2. The minimum absolute atomic E-state index is 0.117. The quantitative estimate of drug-likeness (QED) is 0.906. The lowest BCUT2D eigenvalue weighted by Gasteiger charge is -2.07. The molecule has 2 aromatic carbocycles. The zero-order valence-corrected chi connectivity index (χ0v) is 12.0. The van der Waals surface area contributed by atoms with Gasteiger partial charge in [-0.05, 0) is 48.4 Å². The van der Waals surface area contributed by atoms with E-state index in [1.165, 1.54) is 12.1 Å². The van der Waals surface area contributed by atoms with E-state index in [2.05, 4.69) is 21.2 Å². The van der Waals surface area contributed by atoms with Crippen molar-refractivity contribution in [1.82, 2.24) is 0 Å². The Labute approximate surface area is 119 Å². The smallest absolute Gasteiger partial charge is 0.228 e. The lowest BCUT2D eigenvalue weighted by Crippen LogP contribution is -2.14. The molecule has 0 atom stereocenters. The number of rotatable bonds is 3. The molecule has 0 saturated carbocycles. The molecule has 0 bridgehead atoms. The fourth-order valence-corrected chi connectivity index (χ4v) is 1.96. The maximum atomic E-state index is 12.7. The van der Waals surface area contributed by atoms with Crippen LogP contribution in [0.1, 0.15) is 11.1 Å². The van der Waals surface area contributed by atoms with E-state index in [0.717, 1.165) is 21.3 Å². The molecule has 0 fully saturated rings. The van der Waals surface area contributed by atoms with Gasteiger partial charge in [-0.3, -0.25) is 4.79 Å². The Bertz CT molecular complexity index is 596. The van der Waals surface area contributed by atoms with Crippen molar-refractivity contribution in [3.63, 3.8) is 0 Å². The third-order valence-electron chi connectivity index (χ3n) is 2.72. The first-order valence-electron chi connectivity index (χ1n) is 5.85. The second-order valence-corrected chi connectivity index (χ2v) is 5.17. The van der Waals surface area contributed by atoms with Crippen LogP contribution in [0.25, 0.3) is 0 Å². The van der Waals surface area contributed by atoms with Crippen molar-refractivity contribution in [2.75, 3.05) is 5.32 Å². The standard InChI is InChI=1S/C15H13BrFNO/c1-10-8-13(6-7-14(10)16)18-15(19)9-11-2-4-12(17)5-3-11/h2-8H,9H2,1H3,(H,18,19). The summed E-state index contributed by atoms with van der Waals surface area (Å²) >= 11 is 3.41. The van der Waals surface area contributed by atoms with Gasteiger partial charge < -0.3 is 5.32 Å². The summed E-state index contributed by atoms with van der Waals surface area (Å²) in [5.74, 6) is -0.416. The second kappa shape index (κ2) is 5.97. The summed E-state index contributed by atoms with van der Waals surface area (Å²) in [5.41, 5.74) is 2.60. The molecule has 98 valence electrons. The topological polar surface area (TPSA) is 29.1 Å². The molecular formula is C15H13BrFNO. The summed E-state index contributed by atoms with van der Waals surface area (Å²) in [6, 6.07) is 11.6. The highest BCUT2D eigenvalue weighted by Crippen LogP contribution is 2.20. The lowest BCUT2D eigenvalue weighted by molar-refractivity contribution is -0.115. The third-order valence-corrected chi connectivity index (χ3v) is 3.61. The number of amides is 1. The van der Waals surface area contributed by atoms with Crippen molar-refractivity contribution in [2.45, 2.75) is 13.3 Å². The van der Waals surface area contributed by atoms with Crippen molar-refractivity contribution in [3.8, 4) is 0 Å². The average molecular weight is 322 g/mol. The van der Waals surface area contributed by atoms with Crippen LogP contribution in [-0.2, 0) is 11.2 Å². The van der Waals surface area contributed by atoms with Crippen LogP contribution < -0.4 is 5.32 Å². The molecule has 0 saturated heterocycles. The first-order valence-corrected chi connectivity index (χ1v) is 6.64. The van der Waals surface area contributed by atoms with Gasteiger partial charge in [0.15, 0.2) is 0 Å². The monoisotopic (exact) mass is 321 g/mol. The van der Waals surface area contributed by atoms with E-state index in [-0.39, 0.29) is 18.1 Å². The van der Waals surface area contributed by atoms with Gasteiger partial charge in [-0.15, -0.1) is 0 Å². The minimum Gasteiger partial charge on any atom is -0.326 e. The first-order chi connectivity index (χ1) is 9.04. The predicted molar refractivity (Wildman–Crippen MR) is 77.6 cm³/mol. The van der Waals surface area contributed by atoms with E-state index in [9.17, 15) is 9.18 Å². The SMILES string of the molecule is Cc1cc(NC(=O)Cc2ccc(F)cc2)ccc1Br. The Balaban J connectivity index is 2.01. The summed E-state index contributed by atoms with van der Waals surface area (Å²) < 4.78 is 13.8. The molecule has 0 aliphatic rings. The molecule has 2 aromatic rings. The van der Waals surface area contributed by atoms with Gasteiger partial charge >= 0.3 is 0 Å². The van der Waals surface area contributed by atoms with E-state index >= 15 is 0 Å². The van der Waals surface area contributed by atoms with E-state index in [1.54, 1.807) is 12.1 Å². The Morgan fingerprint density at radius 2 is 1.89 bits per heavy atom. The fourth-order valence-electron chi connectivity index (χ4n) is 1.72. The number of anilines is 1. The van der Waals surface area contributed by atoms with Crippen molar-refractivity contribution in [1.29, 1.82) is 0 Å². The number of nitrogens with one attached hydrogen (secondary N) is 1. The Morgan fingerprint density at radius 1 is 1.21 bits per heavy atom. The van der Waals surface area contributed by atoms with Gasteiger partial charge in [-0.1, -0.05) is 28.1 Å². The predicted octanol–water partition coefficient (Wildman–Crippen LogP) is 4.08. The van der Waals surface area contributed by atoms with Gasteiger partial charge in [0.1, 0.15) is 5.82 Å². The highest BCUT2D eigenvalue weighted by Gasteiger charge is 2.05. The maximum absolute atomic E-state index is 12.7. The van der Waals surface area contributed by atoms with Crippen LogP contribution in [0.5, 0.6) is 0 Å². The Kier molecular flexibility index (Phi) is 4.32. The number of hydrogen-bond donors (Lipinski definition) is 1. The molecule has 1 amide bonds. The van der Waals surface area contributed by atoms with E-state index in [4.69, 9.17) is 0 Å². The molecule has 0 radical (unpaired) electrons. The van der Waals surface area contributed by atoms with E-state index in [0.29, 0.717) is 0 Å². The van der Waals surface area contributed by atoms with Crippen molar-refractivity contribution in [3.05, 3.63) is 63.9 Å². The summed E-state index contributed by atoms with van der Waals surface area (Å²) in [6.45, 7) is 1.96. The molecule has 0 unspecified atom stereocenters. The molecule has 2 rings (SSSR count). The molecule has 2 nitrogen and oxygen atoms in total. The van der Waals surface area contributed by atoms with Crippen LogP contribution in [0.4, 0.5) is 10.1 Å². The van der Waals surface area contributed by atoms with Crippen molar-refractivity contribution in [2.24, 2.45) is 0 Å². The molecule has 1 N–H and O–H groups in total. The van der Waals surface area contributed by atoms with Gasteiger partial charge in [0.25, 0.3) is 0 Å². The number of carbonyl (C=O) groups is 1. The molecule has 19 heavy (non-hydrogen) atoms. The number of carbonyl (C=O) groups excluding carboxylic acids is 1. The van der Waals surface area contributed by atoms with Gasteiger partial charge in [0.2, 0.25) is 5.91 Å². The highest BCUT2D eigenvalue weighted by atomic mass is 79.9. The van der Waals surface area contributed by atoms with Crippen LogP contribution in [-0.4, -0.2) is 5.91 Å². The third kappa shape index (κ3) is 3.89. The molecule has 4 heteroatoms. The largest absolute Gasteiger partial charge is 0.326 e. The van der Waals surface area contributed by atoms with Crippen LogP contribution >= 0.6 is 15.9 Å². The number of benzene rings is 2. The lowest BCUT2D eigenvalue weighted by atomic mass is 10.1. The zero-order chi connectivity index (χ0) is 13.8. The normalized spacial score (nSPS) is 10.3. The Hall–Kier alpha value is -1.68. The number of aryl methyl sites for hydroxylation is 1. The van der Waals surface area contributed by atoms with Gasteiger partial charge in [-0.2, -0.15) is 0 Å². The molecule has 0 aliphatic carbocycles. The van der Waals surface area contributed by atoms with Crippen LogP contribution in [0.15, 0.2) is 46.9 Å². The van der Waals surface area contributed by atoms with Gasteiger partial charge in [-0.25, -0.2) is 4.39 Å². The van der Waals surface area contributed by atoms with Gasteiger partial charge in [0.05, 0.1) is 6.42 Å². The molecule has 0 aromatic heterocycles. The molecule has 0 heterocycles. The average Bonchev–Trinajstić information content (AvgIpc) is 2.37. The molecule has 0 spiro atoms. The second-order valence-electron chi connectivity index (χ2n) is 4.32. The molecule has 0 aliphatic heterocycles. The first kappa shape index (κ1) is 13.7. The Morgan fingerprint density at radius 3 is 2.53 bits per heavy atom. The van der Waals surface area contributed by atoms with Gasteiger partial charge in [0, 0.05) is 10.2 Å². The van der Waals surface area contributed by atoms with Crippen LogP contribution in [0, 0.1) is 12.7 Å².